The van der Waals surface area contributed by atoms with Crippen LogP contribution in [0.5, 0.6) is 0 Å². The van der Waals surface area contributed by atoms with Crippen molar-refractivity contribution in [1.82, 2.24) is 0 Å². The molecular weight excluding hydrogens is 224 g/mol. The zero-order valence-electron chi connectivity index (χ0n) is 10.1. The van der Waals surface area contributed by atoms with Crippen molar-refractivity contribution < 1.29 is 9.53 Å². The maximum atomic E-state index is 11.6. The van der Waals surface area contributed by atoms with Crippen LogP contribution < -0.4 is 0 Å². The lowest BCUT2D eigenvalue weighted by molar-refractivity contribution is -0.146. The van der Waals surface area contributed by atoms with E-state index in [0.717, 1.165) is 17.5 Å². The Balaban J connectivity index is 3.14. The number of carbonyl (C=O) groups is 1. The molecule has 0 atom stereocenters. The van der Waals surface area contributed by atoms with Crippen LogP contribution in [-0.4, -0.2) is 13.1 Å². The highest BCUT2D eigenvalue weighted by Crippen LogP contribution is 2.28. The largest absolute Gasteiger partial charge is 0.468 e. The first kappa shape index (κ1) is 13.0. The van der Waals surface area contributed by atoms with Gasteiger partial charge in [0.15, 0.2) is 0 Å². The molecule has 0 aliphatic carbocycles. The van der Waals surface area contributed by atoms with Crippen LogP contribution in [0, 0.1) is 0 Å². The molecule has 1 rings (SSSR count). The van der Waals surface area contributed by atoms with Gasteiger partial charge in [0.05, 0.1) is 12.5 Å². The number of hydrogen-bond acceptors (Lipinski definition) is 2. The number of esters is 1. The monoisotopic (exact) mass is 240 g/mol. The predicted molar refractivity (Wildman–Crippen MR) is 65.9 cm³/mol. The zero-order chi connectivity index (χ0) is 12.3. The summed E-state index contributed by atoms with van der Waals surface area (Å²) in [7, 11) is 1.39. The van der Waals surface area contributed by atoms with Gasteiger partial charge in [-0.3, -0.25) is 4.79 Å². The predicted octanol–water partition coefficient (Wildman–Crippen LogP) is 3.35. The number of aryl methyl sites for hydroxylation is 1. The summed E-state index contributed by atoms with van der Waals surface area (Å²) in [6, 6.07) is 5.74. The standard InChI is InChI=1S/C13H17ClO2/c1-5-9-6-7-10(8-11(9)14)13(2,3)12(15)16-4/h6-8H,5H2,1-4H3. The molecule has 0 spiro atoms. The molecule has 0 radical (unpaired) electrons. The van der Waals surface area contributed by atoms with Gasteiger partial charge >= 0.3 is 5.97 Å². The SMILES string of the molecule is CCc1ccc(C(C)(C)C(=O)OC)cc1Cl. The quantitative estimate of drug-likeness (QED) is 0.758. The molecule has 1 aromatic rings. The maximum absolute atomic E-state index is 11.6. The first-order valence-corrected chi connectivity index (χ1v) is 5.68. The van der Waals surface area contributed by atoms with Crippen LogP contribution >= 0.6 is 11.6 Å². The highest BCUT2D eigenvalue weighted by Gasteiger charge is 2.31. The van der Waals surface area contributed by atoms with Gasteiger partial charge in [0.25, 0.3) is 0 Å². The van der Waals surface area contributed by atoms with Crippen molar-refractivity contribution >= 4 is 17.6 Å². The van der Waals surface area contributed by atoms with Gasteiger partial charge in [-0.05, 0) is 37.5 Å². The molecule has 0 saturated heterocycles. The third kappa shape index (κ3) is 2.38. The van der Waals surface area contributed by atoms with Crippen molar-refractivity contribution in [2.75, 3.05) is 7.11 Å². The summed E-state index contributed by atoms with van der Waals surface area (Å²) in [5.41, 5.74) is 1.30. The molecule has 0 saturated carbocycles. The average molecular weight is 241 g/mol. The summed E-state index contributed by atoms with van der Waals surface area (Å²) in [5, 5.41) is 0.706. The third-order valence-electron chi connectivity index (χ3n) is 2.85. The van der Waals surface area contributed by atoms with Gasteiger partial charge in [-0.15, -0.1) is 0 Å². The molecule has 3 heteroatoms. The van der Waals surface area contributed by atoms with Gasteiger partial charge in [0.1, 0.15) is 0 Å². The van der Waals surface area contributed by atoms with Crippen molar-refractivity contribution in [3.63, 3.8) is 0 Å². The summed E-state index contributed by atoms with van der Waals surface area (Å²) >= 11 is 6.13. The number of benzene rings is 1. The number of methoxy groups -OCH3 is 1. The van der Waals surface area contributed by atoms with Crippen molar-refractivity contribution in [2.24, 2.45) is 0 Å². The van der Waals surface area contributed by atoms with E-state index in [1.54, 1.807) is 0 Å². The van der Waals surface area contributed by atoms with E-state index >= 15 is 0 Å². The number of rotatable bonds is 3. The Hall–Kier alpha value is -1.02. The lowest BCUT2D eigenvalue weighted by Gasteiger charge is -2.22. The number of carbonyl (C=O) groups excluding carboxylic acids is 1. The first-order chi connectivity index (χ1) is 7.43. The van der Waals surface area contributed by atoms with E-state index < -0.39 is 5.41 Å². The maximum Gasteiger partial charge on any atom is 0.315 e. The Bertz CT molecular complexity index is 397. The molecule has 1 aromatic carbocycles. The number of ether oxygens (including phenoxy) is 1. The van der Waals surface area contributed by atoms with Crippen molar-refractivity contribution in [3.8, 4) is 0 Å². The fraction of sp³-hybridized carbons (Fsp3) is 0.462. The van der Waals surface area contributed by atoms with Gasteiger partial charge < -0.3 is 4.74 Å². The highest BCUT2D eigenvalue weighted by molar-refractivity contribution is 6.31. The summed E-state index contributed by atoms with van der Waals surface area (Å²) in [6.07, 6.45) is 0.887. The summed E-state index contributed by atoms with van der Waals surface area (Å²) in [5.74, 6) is -0.257. The smallest absolute Gasteiger partial charge is 0.315 e. The molecular formula is C13H17ClO2. The van der Waals surface area contributed by atoms with Crippen LogP contribution in [0.4, 0.5) is 0 Å². The molecule has 0 aliphatic heterocycles. The summed E-state index contributed by atoms with van der Waals surface area (Å²) in [6.45, 7) is 5.71. The molecule has 0 unspecified atom stereocenters. The summed E-state index contributed by atoms with van der Waals surface area (Å²) in [4.78, 5) is 11.6. The second-order valence-corrected chi connectivity index (χ2v) is 4.68. The normalized spacial score (nSPS) is 11.3. The number of hydrogen-bond donors (Lipinski definition) is 0. The molecule has 0 fully saturated rings. The third-order valence-corrected chi connectivity index (χ3v) is 3.20. The second kappa shape index (κ2) is 4.88. The van der Waals surface area contributed by atoms with Crippen LogP contribution in [0.25, 0.3) is 0 Å². The Morgan fingerprint density at radius 2 is 2.06 bits per heavy atom. The van der Waals surface area contributed by atoms with E-state index in [9.17, 15) is 4.79 Å². The Kier molecular flexibility index (Phi) is 3.98. The van der Waals surface area contributed by atoms with Crippen molar-refractivity contribution in [2.45, 2.75) is 32.6 Å². The molecule has 2 nitrogen and oxygen atoms in total. The van der Waals surface area contributed by atoms with E-state index in [-0.39, 0.29) is 5.97 Å². The fourth-order valence-electron chi connectivity index (χ4n) is 1.60. The molecule has 0 aromatic heterocycles. The van der Waals surface area contributed by atoms with Gasteiger partial charge in [-0.1, -0.05) is 30.7 Å². The van der Waals surface area contributed by atoms with E-state index in [1.807, 2.05) is 39.0 Å². The van der Waals surface area contributed by atoms with Crippen LogP contribution in [0.15, 0.2) is 18.2 Å². The Morgan fingerprint density at radius 3 is 2.50 bits per heavy atom. The van der Waals surface area contributed by atoms with Gasteiger partial charge in [0, 0.05) is 5.02 Å². The van der Waals surface area contributed by atoms with Crippen LogP contribution in [0.3, 0.4) is 0 Å². The van der Waals surface area contributed by atoms with E-state index in [1.165, 1.54) is 7.11 Å². The summed E-state index contributed by atoms with van der Waals surface area (Å²) < 4.78 is 4.78. The molecule has 16 heavy (non-hydrogen) atoms. The van der Waals surface area contributed by atoms with E-state index in [4.69, 9.17) is 16.3 Å². The van der Waals surface area contributed by atoms with E-state index in [0.29, 0.717) is 5.02 Å². The first-order valence-electron chi connectivity index (χ1n) is 5.30. The minimum absolute atomic E-state index is 0.257. The molecule has 88 valence electrons. The van der Waals surface area contributed by atoms with Gasteiger partial charge in [-0.2, -0.15) is 0 Å². The lowest BCUT2D eigenvalue weighted by atomic mass is 9.84. The van der Waals surface area contributed by atoms with Crippen molar-refractivity contribution in [3.05, 3.63) is 34.3 Å². The van der Waals surface area contributed by atoms with E-state index in [2.05, 4.69) is 0 Å². The topological polar surface area (TPSA) is 26.3 Å². The molecule has 0 amide bonds. The van der Waals surface area contributed by atoms with Crippen LogP contribution in [0.1, 0.15) is 31.9 Å². The highest BCUT2D eigenvalue weighted by atomic mass is 35.5. The van der Waals surface area contributed by atoms with Crippen LogP contribution in [-0.2, 0) is 21.4 Å². The lowest BCUT2D eigenvalue weighted by Crippen LogP contribution is -2.30. The second-order valence-electron chi connectivity index (χ2n) is 4.28. The Morgan fingerprint density at radius 1 is 1.44 bits per heavy atom. The van der Waals surface area contributed by atoms with Gasteiger partial charge in [-0.25, -0.2) is 0 Å². The number of halogens is 1. The molecule has 0 bridgehead atoms. The minimum Gasteiger partial charge on any atom is -0.468 e. The van der Waals surface area contributed by atoms with Gasteiger partial charge in [0.2, 0.25) is 0 Å². The fourth-order valence-corrected chi connectivity index (χ4v) is 1.91. The van der Waals surface area contributed by atoms with Crippen molar-refractivity contribution in [1.29, 1.82) is 0 Å². The minimum atomic E-state index is -0.662. The average Bonchev–Trinajstić information content (AvgIpc) is 2.27. The molecule has 0 N–H and O–H groups in total. The molecule has 0 heterocycles. The molecule has 0 aliphatic rings. The zero-order valence-corrected chi connectivity index (χ0v) is 10.9. The van der Waals surface area contributed by atoms with Crippen LogP contribution in [0.2, 0.25) is 5.02 Å². The Labute approximate surface area is 102 Å².